The Bertz CT molecular complexity index is 516. The molecule has 0 saturated carbocycles. The predicted octanol–water partition coefficient (Wildman–Crippen LogP) is 3.68. The molecule has 0 bridgehead atoms. The smallest absolute Gasteiger partial charge is 0.110 e. The summed E-state index contributed by atoms with van der Waals surface area (Å²) in [5, 5.41) is 0. The fourth-order valence-corrected chi connectivity index (χ4v) is 2.55. The molecule has 0 aliphatic rings. The second-order valence-corrected chi connectivity index (χ2v) is 5.24. The number of unbranched alkanes of at least 4 members (excludes halogenated alkanes) is 2. The maximum absolute atomic E-state index is 5.55. The third-order valence-electron chi connectivity index (χ3n) is 3.80. The summed E-state index contributed by atoms with van der Waals surface area (Å²) in [7, 11) is 0. The van der Waals surface area contributed by atoms with Gasteiger partial charge in [-0.25, -0.2) is 4.98 Å². The highest BCUT2D eigenvalue weighted by atomic mass is 15.1. The van der Waals surface area contributed by atoms with E-state index in [1.807, 2.05) is 0 Å². The Morgan fingerprint density at radius 1 is 1.21 bits per heavy atom. The highest BCUT2D eigenvalue weighted by Gasteiger charge is 2.13. The topological polar surface area (TPSA) is 43.8 Å². The van der Waals surface area contributed by atoms with Crippen LogP contribution in [0.4, 0.5) is 0 Å². The van der Waals surface area contributed by atoms with Gasteiger partial charge in [0.05, 0.1) is 11.0 Å². The first-order chi connectivity index (χ1) is 9.27. The molecule has 3 heteroatoms. The van der Waals surface area contributed by atoms with E-state index in [0.29, 0.717) is 6.04 Å². The van der Waals surface area contributed by atoms with Gasteiger partial charge >= 0.3 is 0 Å². The standard InChI is InChI=1S/C16H25N3/c1-3-13(2)19-15-10-7-6-9-14(15)18-16(19)11-5-4-8-12-17/h6-7,9-10,13H,3-5,8,11-12,17H2,1-2H3/t13-/m1/s1. The van der Waals surface area contributed by atoms with Crippen molar-refractivity contribution in [2.24, 2.45) is 5.73 Å². The molecule has 2 aromatic rings. The lowest BCUT2D eigenvalue weighted by Crippen LogP contribution is -2.09. The fourth-order valence-electron chi connectivity index (χ4n) is 2.55. The number of benzene rings is 1. The number of aromatic nitrogens is 2. The van der Waals surface area contributed by atoms with Crippen molar-refractivity contribution in [2.45, 2.75) is 52.0 Å². The highest BCUT2D eigenvalue weighted by molar-refractivity contribution is 5.76. The molecule has 2 rings (SSSR count). The first-order valence-electron chi connectivity index (χ1n) is 7.43. The Labute approximate surface area is 115 Å². The van der Waals surface area contributed by atoms with Crippen molar-refractivity contribution < 1.29 is 0 Å². The average Bonchev–Trinajstić information content (AvgIpc) is 2.81. The summed E-state index contributed by atoms with van der Waals surface area (Å²) >= 11 is 0. The van der Waals surface area contributed by atoms with Gasteiger partial charge in [0.2, 0.25) is 0 Å². The monoisotopic (exact) mass is 259 g/mol. The van der Waals surface area contributed by atoms with Crippen LogP contribution in [0.2, 0.25) is 0 Å². The van der Waals surface area contributed by atoms with E-state index in [2.05, 4.69) is 42.7 Å². The number of para-hydroxylation sites is 2. The molecule has 1 heterocycles. The second-order valence-electron chi connectivity index (χ2n) is 5.24. The van der Waals surface area contributed by atoms with Crippen molar-refractivity contribution in [2.75, 3.05) is 6.54 Å². The number of hydrogen-bond donors (Lipinski definition) is 1. The van der Waals surface area contributed by atoms with Gasteiger partial charge in [-0.05, 0) is 44.9 Å². The van der Waals surface area contributed by atoms with Crippen LogP contribution in [0.25, 0.3) is 11.0 Å². The van der Waals surface area contributed by atoms with E-state index < -0.39 is 0 Å². The zero-order valence-electron chi connectivity index (χ0n) is 12.1. The second kappa shape index (κ2) is 6.71. The summed E-state index contributed by atoms with van der Waals surface area (Å²) in [5.41, 5.74) is 7.94. The first kappa shape index (κ1) is 14.1. The van der Waals surface area contributed by atoms with E-state index in [1.54, 1.807) is 0 Å². The molecule has 0 fully saturated rings. The van der Waals surface area contributed by atoms with Gasteiger partial charge in [0, 0.05) is 12.5 Å². The Morgan fingerprint density at radius 2 is 2.00 bits per heavy atom. The van der Waals surface area contributed by atoms with E-state index >= 15 is 0 Å². The van der Waals surface area contributed by atoms with Crippen LogP contribution in [0.1, 0.15) is 51.4 Å². The minimum Gasteiger partial charge on any atom is -0.330 e. The summed E-state index contributed by atoms with van der Waals surface area (Å²) in [5.74, 6) is 1.23. The molecule has 1 aromatic heterocycles. The van der Waals surface area contributed by atoms with Gasteiger partial charge in [-0.2, -0.15) is 0 Å². The lowest BCUT2D eigenvalue weighted by Gasteiger charge is -2.15. The summed E-state index contributed by atoms with van der Waals surface area (Å²) < 4.78 is 2.41. The zero-order chi connectivity index (χ0) is 13.7. The first-order valence-corrected chi connectivity index (χ1v) is 7.43. The van der Waals surface area contributed by atoms with Gasteiger partial charge in [-0.3, -0.25) is 0 Å². The van der Waals surface area contributed by atoms with Crippen LogP contribution < -0.4 is 5.73 Å². The van der Waals surface area contributed by atoms with Crippen LogP contribution in [0, 0.1) is 0 Å². The van der Waals surface area contributed by atoms with Gasteiger partial charge in [-0.1, -0.05) is 25.5 Å². The van der Waals surface area contributed by atoms with E-state index in [1.165, 1.54) is 24.2 Å². The van der Waals surface area contributed by atoms with Crippen LogP contribution in [-0.4, -0.2) is 16.1 Å². The molecule has 2 N–H and O–H groups in total. The van der Waals surface area contributed by atoms with Gasteiger partial charge in [-0.15, -0.1) is 0 Å². The third kappa shape index (κ3) is 3.16. The molecule has 104 valence electrons. The van der Waals surface area contributed by atoms with Crippen molar-refractivity contribution in [1.82, 2.24) is 9.55 Å². The van der Waals surface area contributed by atoms with Crippen LogP contribution >= 0.6 is 0 Å². The molecule has 1 atom stereocenters. The molecule has 0 unspecified atom stereocenters. The number of rotatable bonds is 7. The fraction of sp³-hybridized carbons (Fsp3) is 0.562. The number of aryl methyl sites for hydroxylation is 1. The van der Waals surface area contributed by atoms with Crippen molar-refractivity contribution in [1.29, 1.82) is 0 Å². The van der Waals surface area contributed by atoms with Crippen LogP contribution in [0.5, 0.6) is 0 Å². The summed E-state index contributed by atoms with van der Waals surface area (Å²) in [6.45, 7) is 5.30. The van der Waals surface area contributed by atoms with Crippen molar-refractivity contribution in [3.05, 3.63) is 30.1 Å². The van der Waals surface area contributed by atoms with Crippen LogP contribution in [-0.2, 0) is 6.42 Å². The number of nitrogens with two attached hydrogens (primary N) is 1. The van der Waals surface area contributed by atoms with Crippen molar-refractivity contribution in [3.63, 3.8) is 0 Å². The number of imidazole rings is 1. The molecule has 0 amide bonds. The maximum Gasteiger partial charge on any atom is 0.110 e. The van der Waals surface area contributed by atoms with Gasteiger partial charge in [0.1, 0.15) is 5.82 Å². The molecule has 19 heavy (non-hydrogen) atoms. The number of nitrogens with zero attached hydrogens (tertiary/aromatic N) is 2. The molecule has 0 aliphatic carbocycles. The molecule has 1 aromatic carbocycles. The van der Waals surface area contributed by atoms with Gasteiger partial charge < -0.3 is 10.3 Å². The Balaban J connectivity index is 2.25. The maximum atomic E-state index is 5.55. The quantitative estimate of drug-likeness (QED) is 0.771. The third-order valence-corrected chi connectivity index (χ3v) is 3.80. The van der Waals surface area contributed by atoms with Gasteiger partial charge in [0.25, 0.3) is 0 Å². The molecule has 0 radical (unpaired) electrons. The van der Waals surface area contributed by atoms with Gasteiger partial charge in [0.15, 0.2) is 0 Å². The highest BCUT2D eigenvalue weighted by Crippen LogP contribution is 2.24. The van der Waals surface area contributed by atoms with E-state index in [4.69, 9.17) is 10.7 Å². The number of fused-ring (bicyclic) bond motifs is 1. The lowest BCUT2D eigenvalue weighted by molar-refractivity contribution is 0.514. The summed E-state index contributed by atoms with van der Waals surface area (Å²) in [4.78, 5) is 4.81. The van der Waals surface area contributed by atoms with E-state index in [9.17, 15) is 0 Å². The van der Waals surface area contributed by atoms with E-state index in [-0.39, 0.29) is 0 Å². The number of hydrogen-bond acceptors (Lipinski definition) is 2. The molecule has 3 nitrogen and oxygen atoms in total. The molecule has 0 saturated heterocycles. The van der Waals surface area contributed by atoms with E-state index in [0.717, 1.165) is 31.3 Å². The lowest BCUT2D eigenvalue weighted by atomic mass is 10.1. The summed E-state index contributed by atoms with van der Waals surface area (Å²) in [6, 6.07) is 8.96. The van der Waals surface area contributed by atoms with Crippen LogP contribution in [0.15, 0.2) is 24.3 Å². The van der Waals surface area contributed by atoms with Crippen LogP contribution in [0.3, 0.4) is 0 Å². The molecular formula is C16H25N3. The zero-order valence-corrected chi connectivity index (χ0v) is 12.1. The minimum absolute atomic E-state index is 0.511. The Hall–Kier alpha value is -1.35. The average molecular weight is 259 g/mol. The molecular weight excluding hydrogens is 234 g/mol. The Morgan fingerprint density at radius 3 is 2.74 bits per heavy atom. The van der Waals surface area contributed by atoms with Crippen molar-refractivity contribution in [3.8, 4) is 0 Å². The molecule has 0 spiro atoms. The normalized spacial score (nSPS) is 13.0. The SMILES string of the molecule is CC[C@@H](C)n1c(CCCCCN)nc2ccccc21. The molecule has 0 aliphatic heterocycles. The van der Waals surface area contributed by atoms with Crippen molar-refractivity contribution >= 4 is 11.0 Å². The Kier molecular flexibility index (Phi) is 4.97. The minimum atomic E-state index is 0.511. The summed E-state index contributed by atoms with van der Waals surface area (Å²) in [6.07, 6.45) is 5.68. The largest absolute Gasteiger partial charge is 0.330 e. The predicted molar refractivity (Wildman–Crippen MR) is 81.3 cm³/mol.